The van der Waals surface area contributed by atoms with Gasteiger partial charge in [-0.2, -0.15) is 5.26 Å². The van der Waals surface area contributed by atoms with Crippen LogP contribution in [0.15, 0.2) is 71.3 Å². The molecule has 170 valence electrons. The highest BCUT2D eigenvalue weighted by Crippen LogP contribution is 2.38. The number of non-ortho nitro benzene ring substituents is 1. The van der Waals surface area contributed by atoms with Gasteiger partial charge in [-0.1, -0.05) is 24.3 Å². The number of hydrogen-bond acceptors (Lipinski definition) is 6. The summed E-state index contributed by atoms with van der Waals surface area (Å²) in [5.41, 5.74) is 12.0. The van der Waals surface area contributed by atoms with Crippen LogP contribution in [0.25, 0.3) is 33.2 Å². The second-order valence-electron chi connectivity index (χ2n) is 8.79. The largest absolute Gasteiger partial charge is 0.464 e. The number of nitrogens with two attached hydrogens (primary N) is 1. The number of likely N-dealkylation sites (tertiary alicyclic amines) is 1. The number of nitro benzene ring substituents is 1. The normalized spacial score (nSPS) is 16.4. The van der Waals surface area contributed by atoms with Crippen LogP contribution in [0.5, 0.6) is 0 Å². The number of rotatable bonds is 5. The van der Waals surface area contributed by atoms with E-state index < -0.39 is 4.92 Å². The molecule has 1 saturated heterocycles. The van der Waals surface area contributed by atoms with Gasteiger partial charge in [0, 0.05) is 42.2 Å². The molecule has 0 bridgehead atoms. The predicted octanol–water partition coefficient (Wildman–Crippen LogP) is 5.47. The monoisotopic (exact) mass is 452 g/mol. The van der Waals surface area contributed by atoms with Crippen molar-refractivity contribution in [3.05, 3.63) is 88.2 Å². The van der Waals surface area contributed by atoms with Gasteiger partial charge in [-0.05, 0) is 65.9 Å². The molecule has 4 aromatic rings. The van der Waals surface area contributed by atoms with Gasteiger partial charge in [-0.3, -0.25) is 15.0 Å². The number of nitriles is 1. The van der Waals surface area contributed by atoms with E-state index in [0.717, 1.165) is 71.3 Å². The van der Waals surface area contributed by atoms with Crippen molar-refractivity contribution in [1.82, 2.24) is 4.90 Å². The third-order valence-electron chi connectivity index (χ3n) is 6.42. The maximum absolute atomic E-state index is 11.4. The number of piperidine rings is 1. The average molecular weight is 453 g/mol. The van der Waals surface area contributed by atoms with E-state index in [-0.39, 0.29) is 11.7 Å². The second kappa shape index (κ2) is 9.10. The van der Waals surface area contributed by atoms with Crippen LogP contribution in [0.4, 0.5) is 5.69 Å². The Morgan fingerprint density at radius 3 is 2.65 bits per heavy atom. The first kappa shape index (κ1) is 21.8. The smallest absolute Gasteiger partial charge is 0.270 e. The Morgan fingerprint density at radius 1 is 1.12 bits per heavy atom. The van der Waals surface area contributed by atoms with Crippen LogP contribution < -0.4 is 5.73 Å². The zero-order valence-corrected chi connectivity index (χ0v) is 18.6. The lowest BCUT2D eigenvalue weighted by atomic mass is 9.92. The first-order valence-electron chi connectivity index (χ1n) is 11.3. The molecule has 34 heavy (non-hydrogen) atoms. The fourth-order valence-electron chi connectivity index (χ4n) is 4.71. The fraction of sp³-hybridized carbons (Fsp3) is 0.222. The van der Waals surface area contributed by atoms with Crippen LogP contribution in [-0.4, -0.2) is 29.0 Å². The summed E-state index contributed by atoms with van der Waals surface area (Å²) in [5.74, 6) is 0. The minimum atomic E-state index is -0.391. The summed E-state index contributed by atoms with van der Waals surface area (Å²) in [4.78, 5) is 13.3. The van der Waals surface area contributed by atoms with Crippen molar-refractivity contribution in [2.45, 2.75) is 25.4 Å². The van der Waals surface area contributed by atoms with Gasteiger partial charge in [-0.25, -0.2) is 0 Å². The molecule has 2 N–H and O–H groups in total. The summed E-state index contributed by atoms with van der Waals surface area (Å²) in [5, 5.41) is 21.6. The molecule has 1 aliphatic heterocycles. The molecule has 0 saturated carbocycles. The zero-order valence-electron chi connectivity index (χ0n) is 18.6. The van der Waals surface area contributed by atoms with E-state index >= 15 is 0 Å². The van der Waals surface area contributed by atoms with Gasteiger partial charge in [0.15, 0.2) is 0 Å². The summed E-state index contributed by atoms with van der Waals surface area (Å²) >= 11 is 0. The highest BCUT2D eigenvalue weighted by Gasteiger charge is 2.20. The van der Waals surface area contributed by atoms with Crippen molar-refractivity contribution in [2.24, 2.45) is 5.73 Å². The van der Waals surface area contributed by atoms with Gasteiger partial charge in [-0.15, -0.1) is 0 Å². The molecule has 0 aliphatic carbocycles. The minimum Gasteiger partial charge on any atom is -0.464 e. The van der Waals surface area contributed by atoms with Gasteiger partial charge in [0.25, 0.3) is 5.69 Å². The van der Waals surface area contributed by atoms with Crippen molar-refractivity contribution in [3.63, 3.8) is 0 Å². The molecule has 5 rings (SSSR count). The van der Waals surface area contributed by atoms with Gasteiger partial charge in [0.2, 0.25) is 0 Å². The van der Waals surface area contributed by atoms with Crippen molar-refractivity contribution in [1.29, 1.82) is 5.26 Å². The van der Waals surface area contributed by atoms with Crippen molar-refractivity contribution >= 4 is 16.7 Å². The van der Waals surface area contributed by atoms with Crippen molar-refractivity contribution in [3.8, 4) is 28.3 Å². The zero-order chi connectivity index (χ0) is 23.7. The standard InChI is InChI=1S/C27H24N4O3/c28-14-18-6-8-19(9-7-18)24-12-26-21(15-30-10-2-4-22(29)16-30)17-34-27(26)13-25(24)20-3-1-5-23(11-20)31(32)33/h1,3,5-9,11-13,17,22H,2,4,10,15-16,29H2. The molecule has 7 nitrogen and oxygen atoms in total. The Bertz CT molecular complexity index is 1400. The summed E-state index contributed by atoms with van der Waals surface area (Å²) < 4.78 is 5.95. The average Bonchev–Trinajstić information content (AvgIpc) is 3.25. The summed E-state index contributed by atoms with van der Waals surface area (Å²) in [7, 11) is 0. The summed E-state index contributed by atoms with van der Waals surface area (Å²) in [6.07, 6.45) is 3.94. The molecule has 0 spiro atoms. The molecule has 7 heteroatoms. The molecule has 0 amide bonds. The van der Waals surface area contributed by atoms with Gasteiger partial charge in [0.05, 0.1) is 22.8 Å². The van der Waals surface area contributed by atoms with Crippen molar-refractivity contribution in [2.75, 3.05) is 13.1 Å². The molecule has 1 fully saturated rings. The van der Waals surface area contributed by atoms with Gasteiger partial charge in [0.1, 0.15) is 5.58 Å². The van der Waals surface area contributed by atoms with Crippen LogP contribution in [-0.2, 0) is 6.54 Å². The third kappa shape index (κ3) is 4.29. The molecular weight excluding hydrogens is 428 g/mol. The minimum absolute atomic E-state index is 0.0324. The lowest BCUT2D eigenvalue weighted by Gasteiger charge is -2.30. The van der Waals surface area contributed by atoms with Gasteiger partial charge >= 0.3 is 0 Å². The lowest BCUT2D eigenvalue weighted by molar-refractivity contribution is -0.384. The molecule has 1 aromatic heterocycles. The summed E-state index contributed by atoms with van der Waals surface area (Å²) in [6.45, 7) is 2.62. The van der Waals surface area contributed by atoms with E-state index in [1.807, 2.05) is 24.3 Å². The number of nitro groups is 1. The lowest BCUT2D eigenvalue weighted by Crippen LogP contribution is -2.42. The molecule has 2 heterocycles. The maximum Gasteiger partial charge on any atom is 0.270 e. The van der Waals surface area contributed by atoms with Crippen LogP contribution in [0.1, 0.15) is 24.0 Å². The predicted molar refractivity (Wildman–Crippen MR) is 131 cm³/mol. The van der Waals surface area contributed by atoms with E-state index in [9.17, 15) is 15.4 Å². The van der Waals surface area contributed by atoms with E-state index in [1.165, 1.54) is 6.07 Å². The number of hydrogen-bond donors (Lipinski definition) is 1. The summed E-state index contributed by atoms with van der Waals surface area (Å²) in [6, 6.07) is 20.4. The maximum atomic E-state index is 11.4. The Kier molecular flexibility index (Phi) is 5.84. The number of nitrogens with zero attached hydrogens (tertiary/aromatic N) is 3. The molecule has 1 atom stereocenters. The Labute approximate surface area is 197 Å². The first-order chi connectivity index (χ1) is 16.5. The number of benzene rings is 3. The molecule has 1 aliphatic rings. The number of fused-ring (bicyclic) bond motifs is 1. The topological polar surface area (TPSA) is 109 Å². The quantitative estimate of drug-likeness (QED) is 0.318. The van der Waals surface area contributed by atoms with Crippen LogP contribution in [0, 0.1) is 21.4 Å². The highest BCUT2D eigenvalue weighted by atomic mass is 16.6. The SMILES string of the molecule is N#Cc1ccc(-c2cc3c(CN4CCCC(N)C4)coc3cc2-c2cccc([N+](=O)[O-])c2)cc1. The van der Waals surface area contributed by atoms with E-state index in [2.05, 4.69) is 17.0 Å². The van der Waals surface area contributed by atoms with Gasteiger partial charge < -0.3 is 10.2 Å². The van der Waals surface area contributed by atoms with E-state index in [1.54, 1.807) is 30.5 Å². The second-order valence-corrected chi connectivity index (χ2v) is 8.79. The van der Waals surface area contributed by atoms with E-state index in [4.69, 9.17) is 10.2 Å². The number of furan rings is 1. The Hall–Kier alpha value is -3.99. The highest BCUT2D eigenvalue weighted by molar-refractivity contribution is 5.96. The van der Waals surface area contributed by atoms with Crippen molar-refractivity contribution < 1.29 is 9.34 Å². The first-order valence-corrected chi connectivity index (χ1v) is 11.3. The Morgan fingerprint density at radius 2 is 1.91 bits per heavy atom. The molecule has 1 unspecified atom stereocenters. The molecular formula is C27H24N4O3. The van der Waals surface area contributed by atoms with Crippen LogP contribution in [0.2, 0.25) is 0 Å². The molecule has 3 aromatic carbocycles. The van der Waals surface area contributed by atoms with Crippen LogP contribution in [0.3, 0.4) is 0 Å². The van der Waals surface area contributed by atoms with Crippen LogP contribution >= 0.6 is 0 Å². The fourth-order valence-corrected chi connectivity index (χ4v) is 4.71. The third-order valence-corrected chi connectivity index (χ3v) is 6.42. The van der Waals surface area contributed by atoms with E-state index in [0.29, 0.717) is 5.56 Å². The Balaban J connectivity index is 1.64. The molecule has 0 radical (unpaired) electrons.